The summed E-state index contributed by atoms with van der Waals surface area (Å²) in [6.45, 7) is 0. The first kappa shape index (κ1) is 12.2. The van der Waals surface area contributed by atoms with Crippen molar-refractivity contribution < 1.29 is 19.1 Å². The molecule has 0 amide bonds. The number of nitrogens with zero attached hydrogens (tertiary/aromatic N) is 1. The van der Waals surface area contributed by atoms with Crippen LogP contribution in [0.1, 0.15) is 20.8 Å². The Bertz CT molecular complexity index is 627. The predicted octanol–water partition coefficient (Wildman–Crippen LogP) is 1.79. The average Bonchev–Trinajstić information content (AvgIpc) is 2.70. The lowest BCUT2D eigenvalue weighted by Crippen LogP contribution is -2.09. The maximum Gasteiger partial charge on any atom is 0.355 e. The third-order valence-electron chi connectivity index (χ3n) is 2.94. The number of rotatable bonds is 3. The molecule has 0 radical (unpaired) electrons. The summed E-state index contributed by atoms with van der Waals surface area (Å²) in [7, 11) is 4.56. The molecular formula is C13H13NO4. The first-order valence-electron chi connectivity index (χ1n) is 5.34. The average molecular weight is 247 g/mol. The topological polar surface area (TPSA) is 57.5 Å². The highest BCUT2D eigenvalue weighted by atomic mass is 16.5. The molecule has 94 valence electrons. The van der Waals surface area contributed by atoms with Crippen LogP contribution in [0, 0.1) is 0 Å². The third kappa shape index (κ3) is 1.64. The van der Waals surface area contributed by atoms with E-state index in [1.807, 2.05) is 0 Å². The second-order valence-corrected chi connectivity index (χ2v) is 3.81. The quantitative estimate of drug-likeness (QED) is 0.613. The number of aromatic nitrogens is 1. The number of aldehydes is 1. The van der Waals surface area contributed by atoms with Gasteiger partial charge in [-0.25, -0.2) is 4.79 Å². The SMILES string of the molecule is COC(=O)c1c(C=O)c2ccc(OC)cc2n1C. The van der Waals surface area contributed by atoms with Crippen LogP contribution in [-0.4, -0.2) is 31.0 Å². The molecular weight excluding hydrogens is 234 g/mol. The molecule has 0 saturated heterocycles. The number of fused-ring (bicyclic) bond motifs is 1. The zero-order valence-electron chi connectivity index (χ0n) is 10.4. The van der Waals surface area contributed by atoms with Gasteiger partial charge in [0, 0.05) is 18.5 Å². The second-order valence-electron chi connectivity index (χ2n) is 3.81. The van der Waals surface area contributed by atoms with Crippen LogP contribution in [0.15, 0.2) is 18.2 Å². The summed E-state index contributed by atoms with van der Waals surface area (Å²) in [5.74, 6) is 0.131. The smallest absolute Gasteiger partial charge is 0.355 e. The van der Waals surface area contributed by atoms with Gasteiger partial charge in [-0.15, -0.1) is 0 Å². The first-order valence-corrected chi connectivity index (χ1v) is 5.34. The molecule has 2 rings (SSSR count). The van der Waals surface area contributed by atoms with Crippen molar-refractivity contribution in [3.63, 3.8) is 0 Å². The van der Waals surface area contributed by atoms with Gasteiger partial charge >= 0.3 is 5.97 Å². The standard InChI is InChI=1S/C13H13NO4/c1-14-11-6-8(17-2)4-5-9(11)10(7-15)12(14)13(16)18-3/h4-7H,1-3H3. The number of esters is 1. The van der Waals surface area contributed by atoms with Gasteiger partial charge in [0.15, 0.2) is 6.29 Å². The lowest BCUT2D eigenvalue weighted by Gasteiger charge is -2.03. The maximum atomic E-state index is 11.7. The molecule has 1 heterocycles. The van der Waals surface area contributed by atoms with Crippen molar-refractivity contribution >= 4 is 23.2 Å². The number of hydrogen-bond donors (Lipinski definition) is 0. The van der Waals surface area contributed by atoms with E-state index in [1.54, 1.807) is 36.9 Å². The third-order valence-corrected chi connectivity index (χ3v) is 2.94. The van der Waals surface area contributed by atoms with Gasteiger partial charge in [0.25, 0.3) is 0 Å². The van der Waals surface area contributed by atoms with E-state index in [-0.39, 0.29) is 5.69 Å². The summed E-state index contributed by atoms with van der Waals surface area (Å²) >= 11 is 0. The molecule has 1 aromatic carbocycles. The van der Waals surface area contributed by atoms with Gasteiger partial charge in [-0.3, -0.25) is 4.79 Å². The van der Waals surface area contributed by atoms with Crippen LogP contribution >= 0.6 is 0 Å². The summed E-state index contributed by atoms with van der Waals surface area (Å²) in [5, 5.41) is 0.703. The van der Waals surface area contributed by atoms with Crippen molar-refractivity contribution in [3.05, 3.63) is 29.5 Å². The summed E-state index contributed by atoms with van der Waals surface area (Å²) in [5.41, 5.74) is 1.33. The molecule has 0 aliphatic rings. The van der Waals surface area contributed by atoms with Crippen LogP contribution in [0.2, 0.25) is 0 Å². The highest BCUT2D eigenvalue weighted by molar-refractivity contribution is 6.08. The Morgan fingerprint density at radius 1 is 1.33 bits per heavy atom. The molecule has 0 unspecified atom stereocenters. The lowest BCUT2D eigenvalue weighted by atomic mass is 10.1. The minimum absolute atomic E-state index is 0.246. The summed E-state index contributed by atoms with van der Waals surface area (Å²) in [4.78, 5) is 22.9. The largest absolute Gasteiger partial charge is 0.497 e. The molecule has 0 atom stereocenters. The summed E-state index contributed by atoms with van der Waals surface area (Å²) in [6, 6.07) is 5.27. The molecule has 0 bridgehead atoms. The highest BCUT2D eigenvalue weighted by Gasteiger charge is 2.21. The van der Waals surface area contributed by atoms with E-state index in [2.05, 4.69) is 0 Å². The van der Waals surface area contributed by atoms with Gasteiger partial charge in [0.05, 0.1) is 25.3 Å². The van der Waals surface area contributed by atoms with Crippen molar-refractivity contribution in [2.24, 2.45) is 7.05 Å². The van der Waals surface area contributed by atoms with Crippen molar-refractivity contribution in [3.8, 4) is 5.75 Å². The van der Waals surface area contributed by atoms with Crippen molar-refractivity contribution in [1.29, 1.82) is 0 Å². The number of carbonyl (C=O) groups excluding carboxylic acids is 2. The molecule has 0 fully saturated rings. The Hall–Kier alpha value is -2.30. The highest BCUT2D eigenvalue weighted by Crippen LogP contribution is 2.28. The van der Waals surface area contributed by atoms with Crippen molar-refractivity contribution in [1.82, 2.24) is 4.57 Å². The molecule has 1 aromatic heterocycles. The first-order chi connectivity index (χ1) is 8.63. The van der Waals surface area contributed by atoms with Crippen LogP contribution in [0.5, 0.6) is 5.75 Å². The molecule has 18 heavy (non-hydrogen) atoms. The van der Waals surface area contributed by atoms with Gasteiger partial charge in [0.2, 0.25) is 0 Å². The van der Waals surface area contributed by atoms with Crippen LogP contribution in [0.4, 0.5) is 0 Å². The van der Waals surface area contributed by atoms with Crippen LogP contribution < -0.4 is 4.74 Å². The molecule has 0 saturated carbocycles. The normalized spacial score (nSPS) is 10.4. The maximum absolute atomic E-state index is 11.7. The summed E-state index contributed by atoms with van der Waals surface area (Å²) in [6.07, 6.45) is 0.668. The number of carbonyl (C=O) groups is 2. The van der Waals surface area contributed by atoms with E-state index < -0.39 is 5.97 Å². The molecule has 0 N–H and O–H groups in total. The Kier molecular flexibility index (Phi) is 3.06. The molecule has 2 aromatic rings. The fourth-order valence-electron chi connectivity index (χ4n) is 2.04. The van der Waals surface area contributed by atoms with Gasteiger partial charge in [-0.05, 0) is 12.1 Å². The van der Waals surface area contributed by atoms with E-state index in [0.29, 0.717) is 23.0 Å². The minimum Gasteiger partial charge on any atom is -0.497 e. The lowest BCUT2D eigenvalue weighted by molar-refractivity contribution is 0.0588. The minimum atomic E-state index is -0.533. The van der Waals surface area contributed by atoms with Crippen LogP contribution in [0.25, 0.3) is 10.9 Å². The number of hydrogen-bond acceptors (Lipinski definition) is 4. The number of methoxy groups -OCH3 is 2. The molecule has 0 aliphatic carbocycles. The van der Waals surface area contributed by atoms with Gasteiger partial charge in [-0.2, -0.15) is 0 Å². The van der Waals surface area contributed by atoms with Gasteiger partial charge in [0.1, 0.15) is 11.4 Å². The van der Waals surface area contributed by atoms with E-state index in [9.17, 15) is 9.59 Å². The van der Waals surface area contributed by atoms with E-state index in [4.69, 9.17) is 9.47 Å². The predicted molar refractivity (Wildman–Crippen MR) is 66.2 cm³/mol. The number of benzene rings is 1. The van der Waals surface area contributed by atoms with Crippen molar-refractivity contribution in [2.75, 3.05) is 14.2 Å². The van der Waals surface area contributed by atoms with E-state index in [1.165, 1.54) is 7.11 Å². The van der Waals surface area contributed by atoms with Gasteiger partial charge in [-0.1, -0.05) is 0 Å². The van der Waals surface area contributed by atoms with E-state index >= 15 is 0 Å². The Balaban J connectivity index is 2.82. The Morgan fingerprint density at radius 3 is 2.61 bits per heavy atom. The van der Waals surface area contributed by atoms with Crippen LogP contribution in [-0.2, 0) is 11.8 Å². The van der Waals surface area contributed by atoms with E-state index in [0.717, 1.165) is 5.52 Å². The fraction of sp³-hybridized carbons (Fsp3) is 0.231. The summed E-state index contributed by atoms with van der Waals surface area (Å²) < 4.78 is 11.5. The van der Waals surface area contributed by atoms with Crippen LogP contribution in [0.3, 0.4) is 0 Å². The zero-order valence-corrected chi connectivity index (χ0v) is 10.4. The van der Waals surface area contributed by atoms with Gasteiger partial charge < -0.3 is 14.0 Å². The molecule has 0 aliphatic heterocycles. The number of ether oxygens (including phenoxy) is 2. The Labute approximate surface area is 104 Å². The molecule has 5 heteroatoms. The second kappa shape index (κ2) is 4.52. The zero-order chi connectivity index (χ0) is 13.3. The Morgan fingerprint density at radius 2 is 2.06 bits per heavy atom. The molecule has 0 spiro atoms. The molecule has 5 nitrogen and oxygen atoms in total. The fourth-order valence-corrected chi connectivity index (χ4v) is 2.04. The number of aryl methyl sites for hydroxylation is 1. The monoisotopic (exact) mass is 247 g/mol. The van der Waals surface area contributed by atoms with Crippen molar-refractivity contribution in [2.45, 2.75) is 0 Å².